The van der Waals surface area contributed by atoms with Gasteiger partial charge < -0.3 is 14.4 Å². The first-order chi connectivity index (χ1) is 9.40. The van der Waals surface area contributed by atoms with Crippen LogP contribution in [0.2, 0.25) is 0 Å². The Bertz CT molecular complexity index is 425. The molecule has 4 heteroatoms. The molecular formula is C15H19NO3. The Morgan fingerprint density at radius 3 is 2.95 bits per heavy atom. The van der Waals surface area contributed by atoms with Crippen molar-refractivity contribution in [3.05, 3.63) is 36.4 Å². The van der Waals surface area contributed by atoms with Crippen LogP contribution in [-0.4, -0.2) is 39.2 Å². The molecule has 0 aliphatic carbocycles. The van der Waals surface area contributed by atoms with Gasteiger partial charge in [0, 0.05) is 24.8 Å². The topological polar surface area (TPSA) is 38.8 Å². The zero-order chi connectivity index (χ0) is 13.3. The third-order valence-corrected chi connectivity index (χ3v) is 2.96. The second kappa shape index (κ2) is 7.59. The third-order valence-electron chi connectivity index (χ3n) is 2.96. The predicted octanol–water partition coefficient (Wildman–Crippen LogP) is 2.05. The fourth-order valence-corrected chi connectivity index (χ4v) is 1.99. The Morgan fingerprint density at radius 1 is 1.32 bits per heavy atom. The van der Waals surface area contributed by atoms with Gasteiger partial charge in [-0.05, 0) is 24.6 Å². The number of morpholine rings is 1. The van der Waals surface area contributed by atoms with E-state index in [0.29, 0.717) is 6.61 Å². The maximum absolute atomic E-state index is 10.1. The van der Waals surface area contributed by atoms with Gasteiger partial charge in [-0.15, -0.1) is 0 Å². The number of carbonyl (C=O) groups excluding carboxylic acids is 1. The van der Waals surface area contributed by atoms with E-state index >= 15 is 0 Å². The molecule has 0 N–H and O–H groups in total. The fraction of sp³-hybridized carbons (Fsp3) is 0.400. The van der Waals surface area contributed by atoms with E-state index in [1.54, 1.807) is 6.08 Å². The maximum Gasteiger partial charge on any atom is 0.142 e. The lowest BCUT2D eigenvalue weighted by Gasteiger charge is -2.29. The summed E-state index contributed by atoms with van der Waals surface area (Å²) in [6.45, 7) is 3.98. The molecule has 0 unspecified atom stereocenters. The van der Waals surface area contributed by atoms with Gasteiger partial charge in [-0.2, -0.15) is 0 Å². The summed E-state index contributed by atoms with van der Waals surface area (Å²) >= 11 is 0. The number of nitrogens with zero attached hydrogens (tertiary/aromatic N) is 1. The van der Waals surface area contributed by atoms with Crippen LogP contribution >= 0.6 is 0 Å². The Balaban J connectivity index is 1.87. The first-order valence-electron chi connectivity index (χ1n) is 6.56. The van der Waals surface area contributed by atoms with Gasteiger partial charge in [-0.25, -0.2) is 0 Å². The Morgan fingerprint density at radius 2 is 2.16 bits per heavy atom. The van der Waals surface area contributed by atoms with E-state index < -0.39 is 0 Å². The number of hydrogen-bond acceptors (Lipinski definition) is 4. The van der Waals surface area contributed by atoms with Gasteiger partial charge in [-0.1, -0.05) is 12.1 Å². The van der Waals surface area contributed by atoms with Crippen LogP contribution < -0.4 is 9.64 Å². The molecule has 1 fully saturated rings. The summed E-state index contributed by atoms with van der Waals surface area (Å²) in [6.07, 6.45) is 4.81. The van der Waals surface area contributed by atoms with Crippen molar-refractivity contribution in [2.24, 2.45) is 0 Å². The third kappa shape index (κ3) is 4.41. The van der Waals surface area contributed by atoms with Crippen LogP contribution in [0.15, 0.2) is 36.4 Å². The highest BCUT2D eigenvalue weighted by Crippen LogP contribution is 2.22. The Labute approximate surface area is 113 Å². The van der Waals surface area contributed by atoms with Gasteiger partial charge >= 0.3 is 0 Å². The smallest absolute Gasteiger partial charge is 0.142 e. The van der Waals surface area contributed by atoms with Gasteiger partial charge in [-0.3, -0.25) is 4.79 Å². The molecule has 0 aromatic heterocycles. The normalized spacial score (nSPS) is 15.7. The standard InChI is InChI=1S/C15H19NO3/c17-9-2-1-3-10-19-15-6-4-5-14(13-15)16-7-11-18-12-8-16/h1-2,4-6,9,13H,3,7-8,10-12H2/b2-1+. The molecule has 4 nitrogen and oxygen atoms in total. The number of anilines is 1. The van der Waals surface area contributed by atoms with Crippen LogP contribution in [0, 0.1) is 0 Å². The molecule has 1 aliphatic heterocycles. The van der Waals surface area contributed by atoms with E-state index in [1.807, 2.05) is 12.1 Å². The summed E-state index contributed by atoms with van der Waals surface area (Å²) in [6, 6.07) is 8.09. The molecule has 1 aromatic rings. The number of rotatable bonds is 6. The molecule has 1 saturated heterocycles. The second-order valence-corrected chi connectivity index (χ2v) is 4.30. The number of benzene rings is 1. The molecule has 1 heterocycles. The van der Waals surface area contributed by atoms with Gasteiger partial charge in [0.2, 0.25) is 0 Å². The van der Waals surface area contributed by atoms with Crippen LogP contribution in [0.1, 0.15) is 6.42 Å². The van der Waals surface area contributed by atoms with Crippen LogP contribution in [0.25, 0.3) is 0 Å². The first-order valence-corrected chi connectivity index (χ1v) is 6.56. The number of aldehydes is 1. The molecule has 0 atom stereocenters. The Kier molecular flexibility index (Phi) is 5.44. The maximum atomic E-state index is 10.1. The quantitative estimate of drug-likeness (QED) is 0.446. The van der Waals surface area contributed by atoms with Crippen molar-refractivity contribution < 1.29 is 14.3 Å². The zero-order valence-corrected chi connectivity index (χ0v) is 11.0. The van der Waals surface area contributed by atoms with E-state index in [1.165, 1.54) is 11.8 Å². The van der Waals surface area contributed by atoms with Crippen LogP contribution in [0.3, 0.4) is 0 Å². The summed E-state index contributed by atoms with van der Waals surface area (Å²) in [7, 11) is 0. The molecular weight excluding hydrogens is 242 g/mol. The lowest BCUT2D eigenvalue weighted by Crippen LogP contribution is -2.36. The molecule has 0 radical (unpaired) electrons. The van der Waals surface area contributed by atoms with Gasteiger partial charge in [0.15, 0.2) is 0 Å². The Hall–Kier alpha value is -1.81. The molecule has 102 valence electrons. The summed E-state index contributed by atoms with van der Waals surface area (Å²) in [5, 5.41) is 0. The van der Waals surface area contributed by atoms with Crippen LogP contribution in [0.5, 0.6) is 5.75 Å². The van der Waals surface area contributed by atoms with Gasteiger partial charge in [0.1, 0.15) is 12.0 Å². The lowest BCUT2D eigenvalue weighted by atomic mass is 10.2. The van der Waals surface area contributed by atoms with Crippen molar-refractivity contribution >= 4 is 12.0 Å². The summed E-state index contributed by atoms with van der Waals surface area (Å²) in [5.74, 6) is 0.864. The van der Waals surface area contributed by atoms with E-state index in [2.05, 4.69) is 17.0 Å². The summed E-state index contributed by atoms with van der Waals surface area (Å²) in [4.78, 5) is 12.4. The molecule has 0 amide bonds. The first kappa shape index (κ1) is 13.6. The van der Waals surface area contributed by atoms with E-state index in [-0.39, 0.29) is 0 Å². The van der Waals surface area contributed by atoms with E-state index in [0.717, 1.165) is 44.8 Å². The minimum Gasteiger partial charge on any atom is -0.493 e. The van der Waals surface area contributed by atoms with Crippen molar-refractivity contribution in [2.75, 3.05) is 37.8 Å². The summed E-state index contributed by atoms with van der Waals surface area (Å²) in [5.41, 5.74) is 1.17. The van der Waals surface area contributed by atoms with Gasteiger partial charge in [0.05, 0.1) is 19.8 Å². The zero-order valence-electron chi connectivity index (χ0n) is 11.0. The molecule has 0 spiro atoms. The van der Waals surface area contributed by atoms with E-state index in [9.17, 15) is 4.79 Å². The van der Waals surface area contributed by atoms with Crippen molar-refractivity contribution in [3.8, 4) is 5.75 Å². The number of allylic oxidation sites excluding steroid dienone is 1. The lowest BCUT2D eigenvalue weighted by molar-refractivity contribution is -0.104. The van der Waals surface area contributed by atoms with Crippen molar-refractivity contribution in [2.45, 2.75) is 6.42 Å². The van der Waals surface area contributed by atoms with Crippen molar-refractivity contribution in [1.29, 1.82) is 0 Å². The van der Waals surface area contributed by atoms with E-state index in [4.69, 9.17) is 9.47 Å². The minimum absolute atomic E-state index is 0.580. The van der Waals surface area contributed by atoms with Crippen LogP contribution in [-0.2, 0) is 9.53 Å². The second-order valence-electron chi connectivity index (χ2n) is 4.30. The van der Waals surface area contributed by atoms with Crippen molar-refractivity contribution in [3.63, 3.8) is 0 Å². The molecule has 19 heavy (non-hydrogen) atoms. The highest BCUT2D eigenvalue weighted by Gasteiger charge is 2.11. The monoisotopic (exact) mass is 261 g/mol. The molecule has 0 saturated carbocycles. The van der Waals surface area contributed by atoms with Crippen LogP contribution in [0.4, 0.5) is 5.69 Å². The number of hydrogen-bond donors (Lipinski definition) is 0. The SMILES string of the molecule is O=C/C=C/CCOc1cccc(N2CCOCC2)c1. The average Bonchev–Trinajstić information content (AvgIpc) is 2.48. The molecule has 0 bridgehead atoms. The number of ether oxygens (including phenoxy) is 2. The largest absolute Gasteiger partial charge is 0.493 e. The van der Waals surface area contributed by atoms with Gasteiger partial charge in [0.25, 0.3) is 0 Å². The fourth-order valence-electron chi connectivity index (χ4n) is 1.99. The highest BCUT2D eigenvalue weighted by atomic mass is 16.5. The highest BCUT2D eigenvalue weighted by molar-refractivity contribution is 5.64. The minimum atomic E-state index is 0.580. The van der Waals surface area contributed by atoms with Crippen molar-refractivity contribution in [1.82, 2.24) is 0 Å². The molecule has 1 aliphatic rings. The summed E-state index contributed by atoms with van der Waals surface area (Å²) < 4.78 is 11.0. The average molecular weight is 261 g/mol. The molecule has 1 aromatic carbocycles. The molecule has 2 rings (SSSR count). The number of carbonyl (C=O) groups is 1. The predicted molar refractivity (Wildman–Crippen MR) is 74.8 cm³/mol.